The first-order valence-corrected chi connectivity index (χ1v) is 2.81. The van der Waals surface area contributed by atoms with Gasteiger partial charge in [-0.25, -0.2) is 4.79 Å². The minimum absolute atomic E-state index is 0.378. The molecule has 10 heavy (non-hydrogen) atoms. The van der Waals surface area contributed by atoms with Crippen LogP contribution in [0.1, 0.15) is 0 Å². The van der Waals surface area contributed by atoms with E-state index in [0.29, 0.717) is 5.70 Å². The Morgan fingerprint density at radius 1 is 1.70 bits per heavy atom. The zero-order valence-corrected chi connectivity index (χ0v) is 5.55. The lowest BCUT2D eigenvalue weighted by molar-refractivity contribution is -0.136. The van der Waals surface area contributed by atoms with Crippen molar-refractivity contribution in [2.45, 2.75) is 0 Å². The van der Waals surface area contributed by atoms with Crippen LogP contribution >= 0.6 is 0 Å². The topological polar surface area (TPSA) is 50.4 Å². The molecule has 4 nitrogen and oxygen atoms in total. The quantitative estimate of drug-likeness (QED) is 0.489. The summed E-state index contributed by atoms with van der Waals surface area (Å²) in [5.74, 6) is -0.378. The van der Waals surface area contributed by atoms with Gasteiger partial charge in [0.05, 0.1) is 7.11 Å². The van der Waals surface area contributed by atoms with Crippen LogP contribution in [0.2, 0.25) is 0 Å². The van der Waals surface area contributed by atoms with E-state index in [-0.39, 0.29) is 5.97 Å². The summed E-state index contributed by atoms with van der Waals surface area (Å²) in [5.41, 5.74) is 5.68. The van der Waals surface area contributed by atoms with Crippen molar-refractivity contribution >= 4 is 5.97 Å². The van der Waals surface area contributed by atoms with Crippen molar-refractivity contribution in [2.24, 2.45) is 0 Å². The summed E-state index contributed by atoms with van der Waals surface area (Å²) in [6.45, 7) is 0. The first-order valence-electron chi connectivity index (χ1n) is 2.81. The monoisotopic (exact) mass is 140 g/mol. The van der Waals surface area contributed by atoms with E-state index in [2.05, 4.69) is 15.6 Å². The van der Waals surface area contributed by atoms with Gasteiger partial charge >= 0.3 is 5.97 Å². The number of carbonyl (C=O) groups is 1. The standard InChI is InChI=1S/C6H8N2O2/c1-10-6(9)5-3-2-4-7-8-5/h2-4,7-8H,1H3. The van der Waals surface area contributed by atoms with Crippen molar-refractivity contribution in [1.29, 1.82) is 0 Å². The summed E-state index contributed by atoms with van der Waals surface area (Å²) in [4.78, 5) is 10.7. The molecule has 0 amide bonds. The summed E-state index contributed by atoms with van der Waals surface area (Å²) in [5, 5.41) is 0. The molecule has 1 aliphatic heterocycles. The summed E-state index contributed by atoms with van der Waals surface area (Å²) in [6, 6.07) is 0. The van der Waals surface area contributed by atoms with Crippen molar-refractivity contribution in [3.8, 4) is 0 Å². The molecule has 0 saturated heterocycles. The number of esters is 1. The van der Waals surface area contributed by atoms with E-state index in [9.17, 15) is 4.79 Å². The van der Waals surface area contributed by atoms with E-state index in [1.165, 1.54) is 7.11 Å². The van der Waals surface area contributed by atoms with Crippen LogP contribution in [0.15, 0.2) is 24.0 Å². The van der Waals surface area contributed by atoms with Gasteiger partial charge in [0.15, 0.2) is 0 Å². The molecule has 1 heterocycles. The van der Waals surface area contributed by atoms with Gasteiger partial charge in [-0.1, -0.05) is 0 Å². The van der Waals surface area contributed by atoms with E-state index in [1.54, 1.807) is 18.4 Å². The van der Waals surface area contributed by atoms with Gasteiger partial charge in [0.25, 0.3) is 0 Å². The van der Waals surface area contributed by atoms with E-state index in [1.807, 2.05) is 0 Å². The highest BCUT2D eigenvalue weighted by molar-refractivity contribution is 5.88. The minimum Gasteiger partial charge on any atom is -0.464 e. The highest BCUT2D eigenvalue weighted by Gasteiger charge is 2.07. The predicted molar refractivity (Wildman–Crippen MR) is 35.5 cm³/mol. The van der Waals surface area contributed by atoms with Gasteiger partial charge in [-0.3, -0.25) is 5.43 Å². The van der Waals surface area contributed by atoms with Crippen molar-refractivity contribution in [3.05, 3.63) is 24.0 Å². The molecule has 0 unspecified atom stereocenters. The molecular weight excluding hydrogens is 132 g/mol. The van der Waals surface area contributed by atoms with Gasteiger partial charge in [0.2, 0.25) is 0 Å². The fourth-order valence-electron chi connectivity index (χ4n) is 0.583. The second kappa shape index (κ2) is 2.91. The molecule has 0 bridgehead atoms. The minimum atomic E-state index is -0.378. The third-order valence-electron chi connectivity index (χ3n) is 1.05. The number of hydrazine groups is 1. The summed E-state index contributed by atoms with van der Waals surface area (Å²) < 4.78 is 4.45. The second-order valence-electron chi connectivity index (χ2n) is 1.70. The molecule has 0 aromatic carbocycles. The molecule has 2 N–H and O–H groups in total. The normalized spacial score (nSPS) is 14.7. The third kappa shape index (κ3) is 1.28. The maximum atomic E-state index is 10.7. The number of rotatable bonds is 1. The average Bonchev–Trinajstić information content (AvgIpc) is 2.05. The van der Waals surface area contributed by atoms with Crippen LogP contribution in [0.5, 0.6) is 0 Å². The third-order valence-corrected chi connectivity index (χ3v) is 1.05. The lowest BCUT2D eigenvalue weighted by Crippen LogP contribution is -2.32. The highest BCUT2D eigenvalue weighted by Crippen LogP contribution is 1.94. The second-order valence-corrected chi connectivity index (χ2v) is 1.70. The molecule has 0 aliphatic carbocycles. The molecule has 0 radical (unpaired) electrons. The van der Waals surface area contributed by atoms with E-state index < -0.39 is 0 Å². The van der Waals surface area contributed by atoms with Gasteiger partial charge < -0.3 is 10.2 Å². The Hall–Kier alpha value is -1.45. The fourth-order valence-corrected chi connectivity index (χ4v) is 0.583. The molecule has 4 heteroatoms. The first kappa shape index (κ1) is 6.67. The van der Waals surface area contributed by atoms with E-state index in [0.717, 1.165) is 0 Å². The SMILES string of the molecule is COC(=O)C1=CC=CNN1. The van der Waals surface area contributed by atoms with E-state index in [4.69, 9.17) is 0 Å². The number of allylic oxidation sites excluding steroid dienone is 2. The van der Waals surface area contributed by atoms with Crippen LogP contribution in [-0.4, -0.2) is 13.1 Å². The Morgan fingerprint density at radius 3 is 3.00 bits per heavy atom. The van der Waals surface area contributed by atoms with Gasteiger partial charge in [-0.2, -0.15) is 0 Å². The molecule has 1 rings (SSSR count). The molecule has 0 saturated carbocycles. The molecule has 54 valence electrons. The molecular formula is C6H8N2O2. The number of carbonyl (C=O) groups excluding carboxylic acids is 1. The Bertz CT molecular complexity index is 196. The molecule has 1 aliphatic rings. The number of methoxy groups -OCH3 is 1. The van der Waals surface area contributed by atoms with Gasteiger partial charge in [-0.05, 0) is 12.2 Å². The molecule has 0 spiro atoms. The van der Waals surface area contributed by atoms with Crippen molar-refractivity contribution in [3.63, 3.8) is 0 Å². The summed E-state index contributed by atoms with van der Waals surface area (Å²) >= 11 is 0. The Morgan fingerprint density at radius 2 is 2.50 bits per heavy atom. The average molecular weight is 140 g/mol. The van der Waals surface area contributed by atoms with Crippen molar-refractivity contribution < 1.29 is 9.53 Å². The molecule has 0 atom stereocenters. The number of nitrogens with one attached hydrogen (secondary N) is 2. The highest BCUT2D eigenvalue weighted by atomic mass is 16.5. The summed E-state index contributed by atoms with van der Waals surface area (Å²) in [6.07, 6.45) is 5.01. The van der Waals surface area contributed by atoms with Crippen LogP contribution < -0.4 is 10.9 Å². The Labute approximate surface area is 58.5 Å². The van der Waals surface area contributed by atoms with Crippen molar-refractivity contribution in [2.75, 3.05) is 7.11 Å². The van der Waals surface area contributed by atoms with E-state index >= 15 is 0 Å². The predicted octanol–water partition coefficient (Wildman–Crippen LogP) is -0.335. The van der Waals surface area contributed by atoms with Gasteiger partial charge in [0, 0.05) is 6.20 Å². The van der Waals surface area contributed by atoms with Crippen LogP contribution in [-0.2, 0) is 9.53 Å². The largest absolute Gasteiger partial charge is 0.464 e. The summed E-state index contributed by atoms with van der Waals surface area (Å²) in [7, 11) is 1.34. The molecule has 0 aromatic rings. The van der Waals surface area contributed by atoms with Crippen LogP contribution in [0.4, 0.5) is 0 Å². The molecule has 0 aromatic heterocycles. The Kier molecular flexibility index (Phi) is 1.94. The maximum absolute atomic E-state index is 10.7. The lowest BCUT2D eigenvalue weighted by atomic mass is 10.4. The fraction of sp³-hybridized carbons (Fsp3) is 0.167. The zero-order valence-electron chi connectivity index (χ0n) is 5.55. The van der Waals surface area contributed by atoms with Crippen LogP contribution in [0.25, 0.3) is 0 Å². The molecule has 0 fully saturated rings. The number of ether oxygens (including phenoxy) is 1. The van der Waals surface area contributed by atoms with Gasteiger partial charge in [-0.15, -0.1) is 0 Å². The maximum Gasteiger partial charge on any atom is 0.355 e. The lowest BCUT2D eigenvalue weighted by Gasteiger charge is -2.10. The smallest absolute Gasteiger partial charge is 0.355 e. The zero-order chi connectivity index (χ0) is 7.40. The van der Waals surface area contributed by atoms with Crippen LogP contribution in [0.3, 0.4) is 0 Å². The van der Waals surface area contributed by atoms with Gasteiger partial charge in [0.1, 0.15) is 5.70 Å². The van der Waals surface area contributed by atoms with Crippen molar-refractivity contribution in [1.82, 2.24) is 10.9 Å². The number of hydrogen-bond acceptors (Lipinski definition) is 4. The number of hydrogen-bond donors (Lipinski definition) is 2. The first-order chi connectivity index (χ1) is 4.84. The Balaban J connectivity index is 2.62. The van der Waals surface area contributed by atoms with Crippen LogP contribution in [0, 0.1) is 0 Å².